The Morgan fingerprint density at radius 1 is 1.07 bits per heavy atom. The standard InChI is InChI=1S/C19H19BrN4O3S2/c1-22-8-10-23(11-9-22)29(26,27)17-5-3-2-4-16(17)24-18(25)14-7-6-13(20)12-15(14)21-19(24)28/h2-7,12H,8-11H2,1H3,(H,21,28). The number of H-pyrrole nitrogens is 1. The van der Waals surface area contributed by atoms with Gasteiger partial charge in [-0.3, -0.25) is 9.36 Å². The van der Waals surface area contributed by atoms with Crippen molar-refractivity contribution >= 4 is 49.1 Å². The smallest absolute Gasteiger partial charge is 0.266 e. The minimum absolute atomic E-state index is 0.0719. The van der Waals surface area contributed by atoms with Crippen molar-refractivity contribution in [2.45, 2.75) is 4.90 Å². The van der Waals surface area contributed by atoms with Crippen molar-refractivity contribution in [2.24, 2.45) is 0 Å². The molecule has 10 heteroatoms. The highest BCUT2D eigenvalue weighted by Crippen LogP contribution is 2.25. The van der Waals surface area contributed by atoms with Crippen LogP contribution in [0.3, 0.4) is 0 Å². The third kappa shape index (κ3) is 3.71. The first-order valence-electron chi connectivity index (χ1n) is 9.02. The minimum Gasteiger partial charge on any atom is -0.331 e. The van der Waals surface area contributed by atoms with Crippen molar-refractivity contribution < 1.29 is 8.42 Å². The molecule has 0 spiro atoms. The summed E-state index contributed by atoms with van der Waals surface area (Å²) in [4.78, 5) is 18.4. The number of likely N-dealkylation sites (N-methyl/N-ethyl adjacent to an activating group) is 1. The molecular formula is C19H19BrN4O3S2. The van der Waals surface area contributed by atoms with Crippen LogP contribution >= 0.6 is 28.1 Å². The maximum Gasteiger partial charge on any atom is 0.266 e. The third-order valence-corrected chi connectivity index (χ3v) is 7.77. The van der Waals surface area contributed by atoms with Crippen LogP contribution < -0.4 is 5.56 Å². The van der Waals surface area contributed by atoms with Gasteiger partial charge in [0.1, 0.15) is 4.90 Å². The second-order valence-corrected chi connectivity index (χ2v) is 10.1. The summed E-state index contributed by atoms with van der Waals surface area (Å²) in [5.41, 5.74) is 0.477. The van der Waals surface area contributed by atoms with E-state index < -0.39 is 10.0 Å². The normalized spacial score (nSPS) is 16.3. The molecule has 1 aliphatic heterocycles. The van der Waals surface area contributed by atoms with E-state index in [0.29, 0.717) is 37.1 Å². The monoisotopic (exact) mass is 494 g/mol. The molecule has 29 heavy (non-hydrogen) atoms. The quantitative estimate of drug-likeness (QED) is 0.566. The summed E-state index contributed by atoms with van der Waals surface area (Å²) in [5, 5.41) is 0.425. The lowest BCUT2D eigenvalue weighted by atomic mass is 10.2. The van der Waals surface area contributed by atoms with Crippen LogP contribution in [0.15, 0.2) is 56.6 Å². The van der Waals surface area contributed by atoms with Crippen molar-refractivity contribution in [3.63, 3.8) is 0 Å². The molecule has 1 aromatic heterocycles. The fourth-order valence-electron chi connectivity index (χ4n) is 3.44. The number of fused-ring (bicyclic) bond motifs is 1. The lowest BCUT2D eigenvalue weighted by Crippen LogP contribution is -2.47. The summed E-state index contributed by atoms with van der Waals surface area (Å²) in [5.74, 6) is 0. The topological polar surface area (TPSA) is 78.4 Å². The number of hydrogen-bond donors (Lipinski definition) is 1. The van der Waals surface area contributed by atoms with Gasteiger partial charge in [-0.05, 0) is 49.6 Å². The van der Waals surface area contributed by atoms with Gasteiger partial charge in [0.2, 0.25) is 10.0 Å². The summed E-state index contributed by atoms with van der Waals surface area (Å²) < 4.78 is 30.4. The first-order chi connectivity index (χ1) is 13.8. The Kier molecular flexibility index (Phi) is 5.47. The maximum absolute atomic E-state index is 13.4. The number of nitrogens with one attached hydrogen (secondary N) is 1. The molecule has 0 aliphatic carbocycles. The summed E-state index contributed by atoms with van der Waals surface area (Å²) in [7, 11) is -1.82. The van der Waals surface area contributed by atoms with E-state index in [4.69, 9.17) is 12.2 Å². The number of hydrogen-bond acceptors (Lipinski definition) is 5. The molecule has 0 atom stereocenters. The Hall–Kier alpha value is -1.85. The van der Waals surface area contributed by atoms with E-state index in [0.717, 1.165) is 4.47 Å². The first kappa shape index (κ1) is 20.4. The zero-order chi connectivity index (χ0) is 20.8. The lowest BCUT2D eigenvalue weighted by Gasteiger charge is -2.32. The first-order valence-corrected chi connectivity index (χ1v) is 11.7. The molecule has 0 unspecified atom stereocenters. The van der Waals surface area contributed by atoms with Gasteiger partial charge in [0, 0.05) is 30.7 Å². The van der Waals surface area contributed by atoms with Crippen molar-refractivity contribution in [2.75, 3.05) is 33.2 Å². The molecule has 7 nitrogen and oxygen atoms in total. The summed E-state index contributed by atoms with van der Waals surface area (Å²) in [6.45, 7) is 2.12. The Bertz CT molecular complexity index is 1310. The maximum atomic E-state index is 13.4. The van der Waals surface area contributed by atoms with Gasteiger partial charge < -0.3 is 9.88 Å². The zero-order valence-electron chi connectivity index (χ0n) is 15.6. The fourth-order valence-corrected chi connectivity index (χ4v) is 5.69. The van der Waals surface area contributed by atoms with Crippen molar-refractivity contribution in [1.29, 1.82) is 0 Å². The number of halogens is 1. The van der Waals surface area contributed by atoms with Crippen molar-refractivity contribution in [1.82, 2.24) is 18.8 Å². The second kappa shape index (κ2) is 7.77. The van der Waals surface area contributed by atoms with Gasteiger partial charge in [-0.2, -0.15) is 4.31 Å². The van der Waals surface area contributed by atoms with Gasteiger partial charge in [0.25, 0.3) is 5.56 Å². The molecule has 4 rings (SSSR count). The number of aromatic nitrogens is 2. The highest BCUT2D eigenvalue weighted by atomic mass is 79.9. The summed E-state index contributed by atoms with van der Waals surface area (Å²) in [6.07, 6.45) is 0. The number of sulfonamides is 1. The highest BCUT2D eigenvalue weighted by Gasteiger charge is 2.30. The molecule has 1 fully saturated rings. The molecule has 3 aromatic rings. The van der Waals surface area contributed by atoms with Crippen LogP contribution in [0, 0.1) is 4.77 Å². The van der Waals surface area contributed by atoms with Crippen LogP contribution in [-0.4, -0.2) is 60.4 Å². The number of rotatable bonds is 3. The average molecular weight is 495 g/mol. The molecule has 0 radical (unpaired) electrons. The molecule has 1 aliphatic rings. The van der Waals surface area contributed by atoms with Gasteiger partial charge >= 0.3 is 0 Å². The Labute approximate surface area is 181 Å². The zero-order valence-corrected chi connectivity index (χ0v) is 18.8. The number of benzene rings is 2. The molecule has 0 saturated carbocycles. The Morgan fingerprint density at radius 3 is 2.48 bits per heavy atom. The van der Waals surface area contributed by atoms with Gasteiger partial charge in [-0.25, -0.2) is 8.42 Å². The van der Waals surface area contributed by atoms with Crippen LogP contribution in [0.25, 0.3) is 16.6 Å². The van der Waals surface area contributed by atoms with E-state index in [-0.39, 0.29) is 20.9 Å². The highest BCUT2D eigenvalue weighted by molar-refractivity contribution is 9.10. The summed E-state index contributed by atoms with van der Waals surface area (Å²) >= 11 is 8.80. The minimum atomic E-state index is -3.78. The van der Waals surface area contributed by atoms with Crippen LogP contribution in [0.2, 0.25) is 0 Å². The van der Waals surface area contributed by atoms with E-state index >= 15 is 0 Å². The number of para-hydroxylation sites is 1. The third-order valence-electron chi connectivity index (χ3n) is 5.05. The predicted octanol–water partition coefficient (Wildman–Crippen LogP) is 2.75. The van der Waals surface area contributed by atoms with E-state index in [1.807, 2.05) is 7.05 Å². The van der Waals surface area contributed by atoms with E-state index in [2.05, 4.69) is 25.8 Å². The molecule has 1 saturated heterocycles. The number of piperazine rings is 1. The predicted molar refractivity (Wildman–Crippen MR) is 119 cm³/mol. The summed E-state index contributed by atoms with van der Waals surface area (Å²) in [6, 6.07) is 11.7. The van der Waals surface area contributed by atoms with Gasteiger partial charge in [-0.15, -0.1) is 0 Å². The molecule has 1 N–H and O–H groups in total. The largest absolute Gasteiger partial charge is 0.331 e. The van der Waals surface area contributed by atoms with Crippen LogP contribution in [-0.2, 0) is 10.0 Å². The number of aromatic amines is 1. The van der Waals surface area contributed by atoms with Crippen molar-refractivity contribution in [3.05, 3.63) is 62.1 Å². The van der Waals surface area contributed by atoms with Gasteiger partial charge in [-0.1, -0.05) is 28.1 Å². The van der Waals surface area contributed by atoms with E-state index in [1.165, 1.54) is 14.9 Å². The van der Waals surface area contributed by atoms with E-state index in [9.17, 15) is 13.2 Å². The van der Waals surface area contributed by atoms with Gasteiger partial charge in [0.15, 0.2) is 4.77 Å². The second-order valence-electron chi connectivity index (χ2n) is 6.94. The molecule has 0 bridgehead atoms. The van der Waals surface area contributed by atoms with E-state index in [1.54, 1.807) is 36.4 Å². The van der Waals surface area contributed by atoms with Crippen LogP contribution in [0.1, 0.15) is 0 Å². The fraction of sp³-hybridized carbons (Fsp3) is 0.263. The molecule has 2 aromatic carbocycles. The Morgan fingerprint density at radius 2 is 1.76 bits per heavy atom. The van der Waals surface area contributed by atoms with Crippen LogP contribution in [0.4, 0.5) is 0 Å². The average Bonchev–Trinajstić information content (AvgIpc) is 2.68. The van der Waals surface area contributed by atoms with Gasteiger partial charge in [0.05, 0.1) is 16.6 Å². The SMILES string of the molecule is CN1CCN(S(=O)(=O)c2ccccc2-n2c(=S)[nH]c3cc(Br)ccc3c2=O)CC1. The molecule has 152 valence electrons. The Balaban J connectivity index is 1.92. The van der Waals surface area contributed by atoms with Crippen LogP contribution in [0.5, 0.6) is 0 Å². The lowest BCUT2D eigenvalue weighted by molar-refractivity contribution is 0.222. The number of nitrogens with zero attached hydrogens (tertiary/aromatic N) is 3. The molecule has 2 heterocycles. The molecule has 0 amide bonds. The van der Waals surface area contributed by atoms with Crippen molar-refractivity contribution in [3.8, 4) is 5.69 Å². The molecular weight excluding hydrogens is 476 g/mol.